The Labute approximate surface area is 126 Å². The lowest BCUT2D eigenvalue weighted by Crippen LogP contribution is -2.11. The zero-order valence-electron chi connectivity index (χ0n) is 11.2. The Morgan fingerprint density at radius 1 is 1.14 bits per heavy atom. The van der Waals surface area contributed by atoms with Crippen LogP contribution >= 0.6 is 11.3 Å². The molecule has 0 unspecified atom stereocenters. The van der Waals surface area contributed by atoms with Gasteiger partial charge >= 0.3 is 0 Å². The number of benzene rings is 2. The molecule has 0 atom stereocenters. The summed E-state index contributed by atoms with van der Waals surface area (Å²) in [5.74, 6) is -0.203. The van der Waals surface area contributed by atoms with Crippen molar-refractivity contribution in [2.75, 3.05) is 11.9 Å². The van der Waals surface area contributed by atoms with Gasteiger partial charge in [0.05, 0.1) is 10.2 Å². The van der Waals surface area contributed by atoms with E-state index in [9.17, 15) is 4.79 Å². The molecule has 0 aliphatic carbocycles. The maximum atomic E-state index is 12.2. The minimum absolute atomic E-state index is 0.122. The van der Waals surface area contributed by atoms with Crippen LogP contribution in [0.2, 0.25) is 0 Å². The van der Waals surface area contributed by atoms with Crippen molar-refractivity contribution in [3.63, 3.8) is 0 Å². The highest BCUT2D eigenvalue weighted by Crippen LogP contribution is 2.22. The van der Waals surface area contributed by atoms with E-state index >= 15 is 0 Å². The van der Waals surface area contributed by atoms with E-state index in [4.69, 9.17) is 5.11 Å². The fourth-order valence-electron chi connectivity index (χ4n) is 2.04. The van der Waals surface area contributed by atoms with E-state index in [1.54, 1.807) is 0 Å². The molecule has 1 aromatic heterocycles. The summed E-state index contributed by atoms with van der Waals surface area (Å²) in [6.45, 7) is 0.122. The third-order valence-corrected chi connectivity index (χ3v) is 4.14. The summed E-state index contributed by atoms with van der Waals surface area (Å²) in [6.07, 6.45) is 0.617. The molecule has 0 saturated carbocycles. The highest BCUT2D eigenvalue weighted by molar-refractivity contribution is 7.20. The number of nitrogens with one attached hydrogen (secondary N) is 1. The fraction of sp³-hybridized carbons (Fsp3) is 0.125. The number of aliphatic hydroxyl groups is 1. The van der Waals surface area contributed by atoms with E-state index in [2.05, 4.69) is 10.3 Å². The molecule has 0 spiro atoms. The fourth-order valence-corrected chi connectivity index (χ4v) is 2.90. The van der Waals surface area contributed by atoms with Gasteiger partial charge in [-0.3, -0.25) is 4.79 Å². The van der Waals surface area contributed by atoms with Gasteiger partial charge in [0.2, 0.25) is 0 Å². The van der Waals surface area contributed by atoms with Crippen molar-refractivity contribution in [1.29, 1.82) is 0 Å². The number of para-hydroxylation sites is 1. The number of aliphatic hydroxyl groups excluding tert-OH is 1. The topological polar surface area (TPSA) is 62.2 Å². The number of fused-ring (bicyclic) bond motifs is 1. The molecule has 0 bridgehead atoms. The molecule has 106 valence electrons. The lowest BCUT2D eigenvalue weighted by molar-refractivity contribution is 0.102. The summed E-state index contributed by atoms with van der Waals surface area (Å²) in [6, 6.07) is 15.1. The molecule has 0 aliphatic heterocycles. The van der Waals surface area contributed by atoms with Crippen molar-refractivity contribution in [3.8, 4) is 0 Å². The minimum atomic E-state index is -0.203. The van der Waals surface area contributed by atoms with Crippen LogP contribution in [0.4, 0.5) is 5.69 Å². The van der Waals surface area contributed by atoms with Crippen LogP contribution in [0.25, 0.3) is 10.2 Å². The van der Waals surface area contributed by atoms with E-state index in [1.165, 1.54) is 11.3 Å². The number of aromatic nitrogens is 1. The van der Waals surface area contributed by atoms with Crippen LogP contribution in [0.5, 0.6) is 0 Å². The maximum absolute atomic E-state index is 12.2. The van der Waals surface area contributed by atoms with Crippen LogP contribution in [-0.4, -0.2) is 22.6 Å². The summed E-state index contributed by atoms with van der Waals surface area (Å²) >= 11 is 1.38. The van der Waals surface area contributed by atoms with Gasteiger partial charge in [-0.25, -0.2) is 4.98 Å². The smallest absolute Gasteiger partial charge is 0.284 e. The third-order valence-electron chi connectivity index (χ3n) is 3.10. The molecule has 1 heterocycles. The van der Waals surface area contributed by atoms with E-state index in [-0.39, 0.29) is 12.5 Å². The van der Waals surface area contributed by atoms with Gasteiger partial charge in [-0.05, 0) is 36.2 Å². The van der Waals surface area contributed by atoms with Gasteiger partial charge in [0.1, 0.15) is 0 Å². The number of nitrogens with zero attached hydrogens (tertiary/aromatic N) is 1. The minimum Gasteiger partial charge on any atom is -0.396 e. The Morgan fingerprint density at radius 3 is 2.62 bits per heavy atom. The Balaban J connectivity index is 1.76. The Bertz CT molecular complexity index is 732. The van der Waals surface area contributed by atoms with Gasteiger partial charge in [-0.15, -0.1) is 11.3 Å². The summed E-state index contributed by atoms with van der Waals surface area (Å²) in [7, 11) is 0. The van der Waals surface area contributed by atoms with Crippen LogP contribution in [-0.2, 0) is 6.42 Å². The molecule has 0 aliphatic rings. The van der Waals surface area contributed by atoms with E-state index in [0.717, 1.165) is 21.5 Å². The number of hydrogen-bond donors (Lipinski definition) is 2. The number of anilines is 1. The molecule has 4 nitrogen and oxygen atoms in total. The number of amides is 1. The Kier molecular flexibility index (Phi) is 3.94. The number of hydrogen-bond acceptors (Lipinski definition) is 4. The van der Waals surface area contributed by atoms with Gasteiger partial charge in [0.15, 0.2) is 5.01 Å². The van der Waals surface area contributed by atoms with Crippen molar-refractivity contribution in [2.45, 2.75) is 6.42 Å². The van der Waals surface area contributed by atoms with Gasteiger partial charge in [0.25, 0.3) is 5.91 Å². The van der Waals surface area contributed by atoms with Crippen LogP contribution < -0.4 is 5.32 Å². The average Bonchev–Trinajstić information content (AvgIpc) is 2.94. The second kappa shape index (κ2) is 6.03. The standard InChI is InChI=1S/C16H14N2O2S/c19-10-9-11-5-7-12(8-6-11)17-15(20)16-18-13-3-1-2-4-14(13)21-16/h1-8,19H,9-10H2,(H,17,20). The number of rotatable bonds is 4. The molecule has 2 N–H and O–H groups in total. The zero-order chi connectivity index (χ0) is 14.7. The van der Waals surface area contributed by atoms with Crippen molar-refractivity contribution >= 4 is 33.1 Å². The predicted molar refractivity (Wildman–Crippen MR) is 84.8 cm³/mol. The molecule has 5 heteroatoms. The van der Waals surface area contributed by atoms with Gasteiger partial charge < -0.3 is 10.4 Å². The highest BCUT2D eigenvalue weighted by atomic mass is 32.1. The maximum Gasteiger partial charge on any atom is 0.284 e. The third kappa shape index (κ3) is 3.09. The summed E-state index contributed by atoms with van der Waals surface area (Å²) < 4.78 is 1.00. The van der Waals surface area contributed by atoms with E-state index in [1.807, 2.05) is 48.5 Å². The summed E-state index contributed by atoms with van der Waals surface area (Å²) in [5, 5.41) is 12.2. The second-order valence-corrected chi connectivity index (χ2v) is 5.64. The molecule has 0 fully saturated rings. The van der Waals surface area contributed by atoms with Gasteiger partial charge in [-0.1, -0.05) is 24.3 Å². The lowest BCUT2D eigenvalue weighted by Gasteiger charge is -2.04. The molecule has 21 heavy (non-hydrogen) atoms. The normalized spacial score (nSPS) is 10.7. The molecule has 3 aromatic rings. The Hall–Kier alpha value is -2.24. The quantitative estimate of drug-likeness (QED) is 0.778. The molecular weight excluding hydrogens is 284 g/mol. The Morgan fingerprint density at radius 2 is 1.90 bits per heavy atom. The predicted octanol–water partition coefficient (Wildman–Crippen LogP) is 3.08. The van der Waals surface area contributed by atoms with Gasteiger partial charge in [0, 0.05) is 12.3 Å². The first-order chi connectivity index (χ1) is 10.3. The van der Waals surface area contributed by atoms with E-state index in [0.29, 0.717) is 11.4 Å². The van der Waals surface area contributed by atoms with Gasteiger partial charge in [-0.2, -0.15) is 0 Å². The molecule has 0 saturated heterocycles. The summed E-state index contributed by atoms with van der Waals surface area (Å²) in [4.78, 5) is 16.5. The molecular formula is C16H14N2O2S. The molecule has 2 aromatic carbocycles. The number of carbonyl (C=O) groups excluding carboxylic acids is 1. The molecule has 0 radical (unpaired) electrons. The highest BCUT2D eigenvalue weighted by Gasteiger charge is 2.12. The van der Waals surface area contributed by atoms with E-state index < -0.39 is 0 Å². The average molecular weight is 298 g/mol. The first kappa shape index (κ1) is 13.7. The lowest BCUT2D eigenvalue weighted by atomic mass is 10.1. The first-order valence-corrected chi connectivity index (χ1v) is 7.44. The van der Waals surface area contributed by atoms with Crippen LogP contribution in [0, 0.1) is 0 Å². The summed E-state index contributed by atoms with van der Waals surface area (Å²) in [5.41, 5.74) is 2.60. The zero-order valence-corrected chi connectivity index (χ0v) is 12.1. The van der Waals surface area contributed by atoms with Crippen molar-refractivity contribution in [2.24, 2.45) is 0 Å². The SMILES string of the molecule is O=C(Nc1ccc(CCO)cc1)c1nc2ccccc2s1. The van der Waals surface area contributed by atoms with Crippen molar-refractivity contribution in [1.82, 2.24) is 4.98 Å². The van der Waals surface area contributed by atoms with Crippen molar-refractivity contribution in [3.05, 3.63) is 59.1 Å². The molecule has 3 rings (SSSR count). The second-order valence-electron chi connectivity index (χ2n) is 4.61. The van der Waals surface area contributed by atoms with Crippen LogP contribution in [0.1, 0.15) is 15.4 Å². The molecule has 1 amide bonds. The largest absolute Gasteiger partial charge is 0.396 e. The van der Waals surface area contributed by atoms with Crippen LogP contribution in [0.15, 0.2) is 48.5 Å². The number of thiazole rings is 1. The monoisotopic (exact) mass is 298 g/mol. The van der Waals surface area contributed by atoms with Crippen molar-refractivity contribution < 1.29 is 9.90 Å². The number of carbonyl (C=O) groups is 1. The van der Waals surface area contributed by atoms with Crippen LogP contribution in [0.3, 0.4) is 0 Å². The first-order valence-electron chi connectivity index (χ1n) is 6.63.